The number of benzene rings is 1. The van der Waals surface area contributed by atoms with E-state index in [-0.39, 0.29) is 34.4 Å². The van der Waals surface area contributed by atoms with Gasteiger partial charge in [-0.15, -0.1) is 4.89 Å². The van der Waals surface area contributed by atoms with Gasteiger partial charge in [0.15, 0.2) is 0 Å². The standard InChI is InChI=1S/C30H37Cl2FN3O6P/c1-17(6-5-7-19(32)16-33)25-26(27(37)34-20-9-11-21(12-10-20)41-42-43(39)40)36-24(15-29(2,3)4)30(25)22-13-8-18(31)14-23(22)35-28(30)38/h5-8,13-14,20-21,24-26,36H,1,9-12,15-16H2,2-4H3,(H2-,34,35,37,38,39,40)/p+1/b6-5-,19-7+/t20?,21?,24-,25+,26-,30+/m1/s1. The number of alkyl halides is 1. The van der Waals surface area contributed by atoms with E-state index in [0.29, 0.717) is 48.4 Å². The van der Waals surface area contributed by atoms with Crippen molar-refractivity contribution in [3.63, 3.8) is 0 Å². The number of allylic oxidation sites excluding steroid dienone is 4. The highest BCUT2D eigenvalue weighted by Crippen LogP contribution is 2.55. The number of hydrogen-bond acceptors (Lipinski definition) is 6. The first-order valence-electron chi connectivity index (χ1n) is 14.2. The molecule has 3 aliphatic rings. The number of amides is 2. The number of rotatable bonds is 10. The van der Waals surface area contributed by atoms with Crippen molar-refractivity contribution in [1.29, 1.82) is 0 Å². The predicted octanol–water partition coefficient (Wildman–Crippen LogP) is 6.15. The summed E-state index contributed by atoms with van der Waals surface area (Å²) in [4.78, 5) is 42.1. The molecule has 1 saturated heterocycles. The molecule has 2 fully saturated rings. The summed E-state index contributed by atoms with van der Waals surface area (Å²) in [7, 11) is -2.86. The van der Waals surface area contributed by atoms with Crippen molar-refractivity contribution in [2.45, 2.75) is 82.5 Å². The fourth-order valence-corrected chi connectivity index (χ4v) is 7.03. The van der Waals surface area contributed by atoms with Crippen LogP contribution in [0.15, 0.2) is 53.6 Å². The summed E-state index contributed by atoms with van der Waals surface area (Å²) >= 11 is 12.2. The van der Waals surface area contributed by atoms with Crippen molar-refractivity contribution >= 4 is 49.0 Å². The Morgan fingerprint density at radius 1 is 1.30 bits per heavy atom. The van der Waals surface area contributed by atoms with Crippen LogP contribution in [0, 0.1) is 11.3 Å². The summed E-state index contributed by atoms with van der Waals surface area (Å²) in [6.07, 6.45) is 7.09. The van der Waals surface area contributed by atoms with E-state index in [0.717, 1.165) is 5.56 Å². The lowest BCUT2D eigenvalue weighted by Gasteiger charge is -2.38. The summed E-state index contributed by atoms with van der Waals surface area (Å²) in [5.41, 5.74) is 0.439. The Morgan fingerprint density at radius 2 is 2.00 bits per heavy atom. The van der Waals surface area contributed by atoms with E-state index in [4.69, 9.17) is 33.0 Å². The second kappa shape index (κ2) is 13.9. The van der Waals surface area contributed by atoms with E-state index in [1.165, 1.54) is 6.08 Å². The molecular formula is C30H38Cl2FN3O6P+. The zero-order valence-corrected chi connectivity index (χ0v) is 26.8. The van der Waals surface area contributed by atoms with Crippen molar-refractivity contribution in [2.24, 2.45) is 11.3 Å². The summed E-state index contributed by atoms with van der Waals surface area (Å²) in [5.74, 6) is -1.23. The van der Waals surface area contributed by atoms with Crippen LogP contribution in [0.4, 0.5) is 10.1 Å². The molecule has 1 aromatic carbocycles. The molecule has 2 heterocycles. The van der Waals surface area contributed by atoms with E-state index in [2.05, 4.69) is 48.0 Å². The summed E-state index contributed by atoms with van der Waals surface area (Å²) < 4.78 is 28.2. The Bertz CT molecular complexity index is 1330. The van der Waals surface area contributed by atoms with Crippen LogP contribution in [0.2, 0.25) is 5.02 Å². The van der Waals surface area contributed by atoms with Crippen LogP contribution in [0.5, 0.6) is 0 Å². The zero-order chi connectivity index (χ0) is 31.5. The third-order valence-corrected chi connectivity index (χ3v) is 8.96. The van der Waals surface area contributed by atoms with E-state index in [1.54, 1.807) is 24.3 Å². The van der Waals surface area contributed by atoms with Crippen LogP contribution in [-0.2, 0) is 29.1 Å². The molecule has 1 saturated carbocycles. The van der Waals surface area contributed by atoms with E-state index in [9.17, 15) is 18.5 Å². The van der Waals surface area contributed by atoms with Gasteiger partial charge >= 0.3 is 8.25 Å². The van der Waals surface area contributed by atoms with Crippen LogP contribution in [-0.4, -0.2) is 47.6 Å². The van der Waals surface area contributed by atoms with Crippen molar-refractivity contribution in [3.05, 3.63) is 64.2 Å². The lowest BCUT2D eigenvalue weighted by atomic mass is 9.62. The third kappa shape index (κ3) is 7.56. The zero-order valence-electron chi connectivity index (χ0n) is 24.4. The first-order valence-corrected chi connectivity index (χ1v) is 16.1. The van der Waals surface area contributed by atoms with Crippen molar-refractivity contribution < 1.29 is 33.0 Å². The Balaban J connectivity index is 1.70. The number of anilines is 1. The second-order valence-electron chi connectivity index (χ2n) is 12.5. The highest BCUT2D eigenvalue weighted by molar-refractivity contribution is 7.31. The normalized spacial score (nSPS) is 29.6. The second-order valence-corrected chi connectivity index (χ2v) is 14.1. The summed E-state index contributed by atoms with van der Waals surface area (Å²) in [5, 5.41) is 10.2. The number of nitrogens with one attached hydrogen (secondary N) is 3. The molecular weight excluding hydrogens is 619 g/mol. The van der Waals surface area contributed by atoms with Gasteiger partial charge in [-0.2, -0.15) is 4.89 Å². The maximum Gasteiger partial charge on any atom is 0.725 e. The van der Waals surface area contributed by atoms with E-state index >= 15 is 0 Å². The topological polar surface area (TPSA) is 126 Å². The van der Waals surface area contributed by atoms with Crippen molar-refractivity contribution in [1.82, 2.24) is 10.6 Å². The van der Waals surface area contributed by atoms with Gasteiger partial charge in [-0.05, 0) is 66.9 Å². The van der Waals surface area contributed by atoms with Gasteiger partial charge in [-0.1, -0.05) is 68.8 Å². The van der Waals surface area contributed by atoms with Crippen LogP contribution in [0.1, 0.15) is 58.4 Å². The quantitative estimate of drug-likeness (QED) is 0.103. The number of halogens is 3. The minimum Gasteiger partial charge on any atom is -0.352 e. The van der Waals surface area contributed by atoms with Crippen molar-refractivity contribution in [3.8, 4) is 0 Å². The first-order chi connectivity index (χ1) is 20.3. The summed E-state index contributed by atoms with van der Waals surface area (Å²) in [6.45, 7) is 9.72. The van der Waals surface area contributed by atoms with Gasteiger partial charge in [0.25, 0.3) is 0 Å². The van der Waals surface area contributed by atoms with Gasteiger partial charge in [-0.25, -0.2) is 4.39 Å². The van der Waals surface area contributed by atoms with E-state index in [1.807, 2.05) is 6.07 Å². The van der Waals surface area contributed by atoms with Crippen LogP contribution in [0.25, 0.3) is 0 Å². The molecule has 234 valence electrons. The molecule has 4 rings (SSSR count). The lowest BCUT2D eigenvalue weighted by Crippen LogP contribution is -2.51. The van der Waals surface area contributed by atoms with Gasteiger partial charge in [0.2, 0.25) is 11.8 Å². The van der Waals surface area contributed by atoms with Gasteiger partial charge in [-0.3, -0.25) is 9.59 Å². The largest absolute Gasteiger partial charge is 0.725 e. The molecule has 1 spiro atoms. The minimum atomic E-state index is -2.86. The minimum absolute atomic E-state index is 0.0117. The fraction of sp³-hybridized carbons (Fsp3) is 0.533. The molecule has 1 unspecified atom stereocenters. The molecule has 1 aromatic rings. The molecule has 4 N–H and O–H groups in total. The Morgan fingerprint density at radius 3 is 2.63 bits per heavy atom. The maximum absolute atomic E-state index is 14.2. The first kappa shape index (κ1) is 33.7. The molecule has 9 nitrogen and oxygen atoms in total. The maximum atomic E-state index is 14.2. The monoisotopic (exact) mass is 656 g/mol. The van der Waals surface area contributed by atoms with Gasteiger partial charge in [0.1, 0.15) is 12.1 Å². The number of fused-ring (bicyclic) bond motifs is 2. The SMILES string of the molecule is C=C(/C=C\C=C(\Cl)CF)[C@H]1[C@H](C(=O)NC2CCC(OO[P+](=O)O)CC2)N[C@H](CC(C)(C)C)[C@]12C(=O)Nc1cc(Cl)ccc12. The van der Waals surface area contributed by atoms with Gasteiger partial charge in [0.05, 0.1) is 16.8 Å². The average molecular weight is 658 g/mol. The number of carbonyl (C=O) groups is 2. The number of hydrogen-bond donors (Lipinski definition) is 4. The molecule has 2 aliphatic heterocycles. The molecule has 1 aliphatic carbocycles. The summed E-state index contributed by atoms with van der Waals surface area (Å²) in [6, 6.07) is 3.85. The predicted molar refractivity (Wildman–Crippen MR) is 164 cm³/mol. The molecule has 13 heteroatoms. The van der Waals surface area contributed by atoms with Crippen molar-refractivity contribution in [2.75, 3.05) is 12.0 Å². The lowest BCUT2D eigenvalue weighted by molar-refractivity contribution is -0.252. The molecule has 2 amide bonds. The Hall–Kier alpha value is -2.17. The fourth-order valence-electron chi connectivity index (χ4n) is 6.59. The van der Waals surface area contributed by atoms with E-state index < -0.39 is 38.3 Å². The van der Waals surface area contributed by atoms with Crippen LogP contribution < -0.4 is 16.0 Å². The molecule has 0 radical (unpaired) electrons. The highest BCUT2D eigenvalue weighted by Gasteiger charge is 2.65. The third-order valence-electron chi connectivity index (χ3n) is 8.28. The van der Waals surface area contributed by atoms with Crippen LogP contribution in [0.3, 0.4) is 0 Å². The Kier molecular flexibility index (Phi) is 10.9. The Labute approximate surface area is 262 Å². The molecule has 0 bridgehead atoms. The van der Waals surface area contributed by atoms with Gasteiger partial charge in [0, 0.05) is 38.3 Å². The number of carbonyl (C=O) groups excluding carboxylic acids is 2. The van der Waals surface area contributed by atoms with Gasteiger partial charge < -0.3 is 16.0 Å². The van der Waals surface area contributed by atoms with Crippen LogP contribution >= 0.6 is 31.5 Å². The smallest absolute Gasteiger partial charge is 0.352 e. The highest BCUT2D eigenvalue weighted by atomic mass is 35.5. The average Bonchev–Trinajstić information content (AvgIpc) is 3.41. The molecule has 43 heavy (non-hydrogen) atoms. The molecule has 0 aromatic heterocycles. The molecule has 5 atom stereocenters.